The van der Waals surface area contributed by atoms with E-state index in [0.717, 1.165) is 6.07 Å². The van der Waals surface area contributed by atoms with Crippen LogP contribution in [0.4, 0.5) is 13.2 Å². The second kappa shape index (κ2) is 7.38. The zero-order chi connectivity index (χ0) is 21.5. The van der Waals surface area contributed by atoms with Crippen molar-refractivity contribution in [2.45, 2.75) is 13.5 Å². The highest BCUT2D eigenvalue weighted by Gasteiger charge is 2.15. The summed E-state index contributed by atoms with van der Waals surface area (Å²) >= 11 is 0. The number of aromatic nitrogens is 6. The Kier molecular flexibility index (Phi) is 4.54. The molecule has 4 aromatic heterocycles. The molecule has 0 aliphatic rings. The minimum atomic E-state index is -1.02. The first-order chi connectivity index (χ1) is 15.0. The molecule has 5 rings (SSSR count). The monoisotopic (exact) mass is 424 g/mol. The molecule has 10 heteroatoms. The highest BCUT2D eigenvalue weighted by Crippen LogP contribution is 2.27. The molecule has 0 atom stereocenters. The summed E-state index contributed by atoms with van der Waals surface area (Å²) in [4.78, 5) is 17.1. The zero-order valence-electron chi connectivity index (χ0n) is 16.3. The SMILES string of the molecule is Cc1nc2ncc(-n3ccc4ncnc(OCF)c43)cc2n1Cc1cc(F)cc(F)c1. The molecule has 31 heavy (non-hydrogen) atoms. The number of ether oxygens (including phenoxy) is 1. The maximum absolute atomic E-state index is 13.6. The molecule has 0 saturated carbocycles. The molecule has 0 aliphatic heterocycles. The fourth-order valence-electron chi connectivity index (χ4n) is 3.64. The van der Waals surface area contributed by atoms with E-state index in [1.165, 1.54) is 18.5 Å². The lowest BCUT2D eigenvalue weighted by molar-refractivity contribution is 0.186. The minimum Gasteiger partial charge on any atom is -0.444 e. The summed E-state index contributed by atoms with van der Waals surface area (Å²) < 4.78 is 48.7. The molecular weight excluding hydrogens is 409 g/mol. The molecule has 0 radical (unpaired) electrons. The molecule has 7 nitrogen and oxygen atoms in total. The third-order valence-corrected chi connectivity index (χ3v) is 4.95. The highest BCUT2D eigenvalue weighted by molar-refractivity contribution is 5.83. The first kappa shape index (κ1) is 19.0. The van der Waals surface area contributed by atoms with Crippen molar-refractivity contribution in [1.82, 2.24) is 29.1 Å². The number of hydrogen-bond donors (Lipinski definition) is 0. The highest BCUT2D eigenvalue weighted by atomic mass is 19.1. The summed E-state index contributed by atoms with van der Waals surface area (Å²) in [6, 6.07) is 6.98. The van der Waals surface area contributed by atoms with Crippen LogP contribution < -0.4 is 4.74 Å². The van der Waals surface area contributed by atoms with Gasteiger partial charge in [0.15, 0.2) is 5.65 Å². The molecule has 0 amide bonds. The molecule has 1 aromatic carbocycles. The Hall–Kier alpha value is -3.95. The van der Waals surface area contributed by atoms with Gasteiger partial charge in [0.05, 0.1) is 22.9 Å². The number of nitrogens with zero attached hydrogens (tertiary/aromatic N) is 6. The third-order valence-electron chi connectivity index (χ3n) is 4.95. The molecule has 0 unspecified atom stereocenters. The van der Waals surface area contributed by atoms with Gasteiger partial charge < -0.3 is 13.9 Å². The number of pyridine rings is 1. The van der Waals surface area contributed by atoms with E-state index in [4.69, 9.17) is 4.74 Å². The van der Waals surface area contributed by atoms with Gasteiger partial charge >= 0.3 is 0 Å². The Morgan fingerprint density at radius 3 is 2.61 bits per heavy atom. The van der Waals surface area contributed by atoms with E-state index < -0.39 is 18.5 Å². The fourth-order valence-corrected chi connectivity index (χ4v) is 3.64. The predicted molar refractivity (Wildman–Crippen MR) is 107 cm³/mol. The molecule has 156 valence electrons. The van der Waals surface area contributed by atoms with Gasteiger partial charge in [-0.25, -0.2) is 28.1 Å². The van der Waals surface area contributed by atoms with Gasteiger partial charge in [0.1, 0.15) is 29.3 Å². The minimum absolute atomic E-state index is 0.109. The van der Waals surface area contributed by atoms with Crippen molar-refractivity contribution in [2.75, 3.05) is 6.86 Å². The van der Waals surface area contributed by atoms with Crippen LogP contribution in [0.25, 0.3) is 27.9 Å². The number of aryl methyl sites for hydroxylation is 1. The van der Waals surface area contributed by atoms with E-state index >= 15 is 0 Å². The van der Waals surface area contributed by atoms with Crippen LogP contribution in [-0.2, 0) is 6.54 Å². The maximum Gasteiger partial charge on any atom is 0.244 e. The van der Waals surface area contributed by atoms with E-state index in [0.29, 0.717) is 39.3 Å². The number of hydrogen-bond acceptors (Lipinski definition) is 5. The topological polar surface area (TPSA) is 70.7 Å². The second-order valence-electron chi connectivity index (χ2n) is 6.91. The van der Waals surface area contributed by atoms with Crippen molar-refractivity contribution < 1.29 is 17.9 Å². The lowest BCUT2D eigenvalue weighted by Gasteiger charge is -2.10. The van der Waals surface area contributed by atoms with Crippen LogP contribution in [0.15, 0.2) is 49.1 Å². The van der Waals surface area contributed by atoms with Gasteiger partial charge in [-0.1, -0.05) is 0 Å². The van der Waals surface area contributed by atoms with Gasteiger partial charge in [-0.2, -0.15) is 4.98 Å². The predicted octanol–water partition coefficient (Wildman–Crippen LogP) is 4.11. The second-order valence-corrected chi connectivity index (χ2v) is 6.91. The smallest absolute Gasteiger partial charge is 0.244 e. The molecule has 0 N–H and O–H groups in total. The molecule has 5 aromatic rings. The van der Waals surface area contributed by atoms with Crippen molar-refractivity contribution in [3.05, 3.63) is 72.1 Å². The van der Waals surface area contributed by atoms with Crippen molar-refractivity contribution in [1.29, 1.82) is 0 Å². The fraction of sp³-hybridized carbons (Fsp3) is 0.143. The van der Waals surface area contributed by atoms with Gasteiger partial charge in [0, 0.05) is 18.8 Å². The molecule has 0 spiro atoms. The average molecular weight is 424 g/mol. The first-order valence-corrected chi connectivity index (χ1v) is 9.32. The van der Waals surface area contributed by atoms with Crippen molar-refractivity contribution in [3.8, 4) is 11.6 Å². The van der Waals surface area contributed by atoms with Crippen molar-refractivity contribution in [2.24, 2.45) is 0 Å². The van der Waals surface area contributed by atoms with Crippen LogP contribution in [0.3, 0.4) is 0 Å². The normalized spacial score (nSPS) is 11.5. The van der Waals surface area contributed by atoms with Gasteiger partial charge in [0.2, 0.25) is 12.7 Å². The van der Waals surface area contributed by atoms with E-state index in [1.807, 2.05) is 10.6 Å². The summed E-state index contributed by atoms with van der Waals surface area (Å²) in [6.07, 6.45) is 4.67. The van der Waals surface area contributed by atoms with Gasteiger partial charge in [-0.05, 0) is 36.8 Å². The summed E-state index contributed by atoms with van der Waals surface area (Å²) in [6.45, 7) is 0.988. The molecule has 4 heterocycles. The number of rotatable bonds is 5. The average Bonchev–Trinajstić information content (AvgIpc) is 3.29. The van der Waals surface area contributed by atoms with Crippen LogP contribution in [0.1, 0.15) is 11.4 Å². The molecule has 0 fully saturated rings. The summed E-state index contributed by atoms with van der Waals surface area (Å²) in [5.74, 6) is -0.533. The van der Waals surface area contributed by atoms with Crippen LogP contribution in [0.2, 0.25) is 0 Å². The lowest BCUT2D eigenvalue weighted by atomic mass is 10.2. The Balaban J connectivity index is 1.64. The Bertz CT molecular complexity index is 1410. The summed E-state index contributed by atoms with van der Waals surface area (Å²) in [5.41, 5.74) is 3.35. The standard InChI is InChI=1S/C21H15F3N6O/c1-12-28-20-18(30(12)9-13-4-14(23)6-15(24)5-13)7-16(8-25-20)29-3-2-17-19(29)21(31-10-22)27-11-26-17/h2-8,11H,9-10H2,1H3. The number of imidazole rings is 1. The first-order valence-electron chi connectivity index (χ1n) is 9.32. The molecule has 0 saturated heterocycles. The van der Waals surface area contributed by atoms with E-state index in [9.17, 15) is 13.2 Å². The Morgan fingerprint density at radius 2 is 1.84 bits per heavy atom. The summed E-state index contributed by atoms with van der Waals surface area (Å²) in [7, 11) is 0. The van der Waals surface area contributed by atoms with Crippen LogP contribution in [0, 0.1) is 18.6 Å². The summed E-state index contributed by atoms with van der Waals surface area (Å²) in [5, 5.41) is 0. The van der Waals surface area contributed by atoms with Gasteiger partial charge in [-0.3, -0.25) is 0 Å². The lowest BCUT2D eigenvalue weighted by Crippen LogP contribution is -2.04. The quantitative estimate of drug-likeness (QED) is 0.425. The Labute approximate surface area is 173 Å². The zero-order valence-corrected chi connectivity index (χ0v) is 16.3. The van der Waals surface area contributed by atoms with E-state index in [-0.39, 0.29) is 12.4 Å². The van der Waals surface area contributed by atoms with Crippen LogP contribution >= 0.6 is 0 Å². The van der Waals surface area contributed by atoms with Gasteiger partial charge in [0.25, 0.3) is 0 Å². The van der Waals surface area contributed by atoms with Crippen molar-refractivity contribution in [3.63, 3.8) is 0 Å². The number of halogens is 3. The van der Waals surface area contributed by atoms with Crippen molar-refractivity contribution >= 4 is 22.2 Å². The van der Waals surface area contributed by atoms with E-state index in [2.05, 4.69) is 19.9 Å². The number of benzene rings is 1. The molecule has 0 bridgehead atoms. The largest absolute Gasteiger partial charge is 0.444 e. The van der Waals surface area contributed by atoms with Gasteiger partial charge in [-0.15, -0.1) is 0 Å². The number of fused-ring (bicyclic) bond motifs is 2. The molecule has 0 aliphatic carbocycles. The van der Waals surface area contributed by atoms with E-state index in [1.54, 1.807) is 30.0 Å². The van der Waals surface area contributed by atoms with Crippen LogP contribution in [0.5, 0.6) is 5.88 Å². The molecular formula is C21H15F3N6O. The number of alkyl halides is 1. The van der Waals surface area contributed by atoms with Crippen LogP contribution in [-0.4, -0.2) is 35.9 Å². The Morgan fingerprint density at radius 1 is 1.03 bits per heavy atom. The third kappa shape index (κ3) is 3.35. The maximum atomic E-state index is 13.6.